The predicted molar refractivity (Wildman–Crippen MR) is 64.4 cm³/mol. The van der Waals surface area contributed by atoms with Crippen molar-refractivity contribution in [2.45, 2.75) is 45.7 Å². The first-order chi connectivity index (χ1) is 7.63. The second-order valence-corrected chi connectivity index (χ2v) is 4.66. The molecule has 16 heavy (non-hydrogen) atoms. The van der Waals surface area contributed by atoms with Gasteiger partial charge in [-0.25, -0.2) is 0 Å². The first-order valence-electron chi connectivity index (χ1n) is 6.26. The van der Waals surface area contributed by atoms with Crippen LogP contribution in [0.2, 0.25) is 0 Å². The fraction of sp³-hybridized carbons (Fsp3) is 0.917. The number of nitrogens with zero attached hydrogens (tertiary/aromatic N) is 1. The molecule has 0 amide bonds. The fourth-order valence-electron chi connectivity index (χ4n) is 1.86. The maximum Gasteiger partial charge on any atom is 0.320 e. The molecule has 0 spiro atoms. The highest BCUT2D eigenvalue weighted by atomic mass is 16.5. The van der Waals surface area contributed by atoms with Gasteiger partial charge in [-0.1, -0.05) is 13.3 Å². The molecule has 0 aromatic rings. The lowest BCUT2D eigenvalue weighted by Crippen LogP contribution is -2.55. The zero-order valence-electron chi connectivity index (χ0n) is 10.7. The van der Waals surface area contributed by atoms with Crippen LogP contribution in [0, 0.1) is 0 Å². The fourth-order valence-corrected chi connectivity index (χ4v) is 1.86. The third-order valence-electron chi connectivity index (χ3n) is 2.99. The molecular formula is C12H24N2O2. The zero-order chi connectivity index (χ0) is 12.0. The number of esters is 1. The van der Waals surface area contributed by atoms with E-state index < -0.39 is 0 Å². The summed E-state index contributed by atoms with van der Waals surface area (Å²) in [5.74, 6) is -0.0885. The van der Waals surface area contributed by atoms with Gasteiger partial charge in [0.25, 0.3) is 0 Å². The maximum absolute atomic E-state index is 11.6. The SMILES string of the molecule is CCCCOC(=O)CN1CC(C)NCC1C. The number of unbranched alkanes of at least 4 members (excludes halogenated alkanes) is 1. The van der Waals surface area contributed by atoms with Crippen molar-refractivity contribution in [2.24, 2.45) is 0 Å². The minimum absolute atomic E-state index is 0.0885. The Morgan fingerprint density at radius 3 is 2.94 bits per heavy atom. The Labute approximate surface area is 98.3 Å². The average molecular weight is 228 g/mol. The third-order valence-corrected chi connectivity index (χ3v) is 2.99. The summed E-state index contributed by atoms with van der Waals surface area (Å²) >= 11 is 0. The minimum Gasteiger partial charge on any atom is -0.465 e. The number of carbonyl (C=O) groups is 1. The molecule has 0 saturated carbocycles. The van der Waals surface area contributed by atoms with Crippen molar-refractivity contribution in [2.75, 3.05) is 26.2 Å². The van der Waals surface area contributed by atoms with Crippen molar-refractivity contribution in [3.05, 3.63) is 0 Å². The van der Waals surface area contributed by atoms with Gasteiger partial charge >= 0.3 is 5.97 Å². The van der Waals surface area contributed by atoms with E-state index in [0.29, 0.717) is 25.2 Å². The van der Waals surface area contributed by atoms with Gasteiger partial charge in [0.05, 0.1) is 13.2 Å². The smallest absolute Gasteiger partial charge is 0.320 e. The van der Waals surface area contributed by atoms with Gasteiger partial charge in [0.1, 0.15) is 0 Å². The molecule has 0 aromatic heterocycles. The summed E-state index contributed by atoms with van der Waals surface area (Å²) in [7, 11) is 0. The highest BCUT2D eigenvalue weighted by molar-refractivity contribution is 5.71. The summed E-state index contributed by atoms with van der Waals surface area (Å²) in [5, 5.41) is 3.39. The Hall–Kier alpha value is -0.610. The zero-order valence-corrected chi connectivity index (χ0v) is 10.7. The van der Waals surface area contributed by atoms with E-state index in [1.165, 1.54) is 0 Å². The Morgan fingerprint density at radius 1 is 1.50 bits per heavy atom. The molecular weight excluding hydrogens is 204 g/mol. The highest BCUT2D eigenvalue weighted by Gasteiger charge is 2.24. The molecule has 1 fully saturated rings. The van der Waals surface area contributed by atoms with E-state index >= 15 is 0 Å². The highest BCUT2D eigenvalue weighted by Crippen LogP contribution is 2.06. The Morgan fingerprint density at radius 2 is 2.25 bits per heavy atom. The number of hydrogen-bond donors (Lipinski definition) is 1. The quantitative estimate of drug-likeness (QED) is 0.563. The topological polar surface area (TPSA) is 41.6 Å². The van der Waals surface area contributed by atoms with Crippen LogP contribution in [0.3, 0.4) is 0 Å². The van der Waals surface area contributed by atoms with Crippen molar-refractivity contribution in [1.82, 2.24) is 10.2 Å². The van der Waals surface area contributed by atoms with Crippen LogP contribution in [-0.4, -0.2) is 49.2 Å². The number of nitrogens with one attached hydrogen (secondary N) is 1. The molecule has 0 aromatic carbocycles. The van der Waals surface area contributed by atoms with Gasteiger partial charge in [-0.2, -0.15) is 0 Å². The summed E-state index contributed by atoms with van der Waals surface area (Å²) in [6.07, 6.45) is 2.02. The molecule has 2 atom stereocenters. The van der Waals surface area contributed by atoms with E-state index in [9.17, 15) is 4.79 Å². The monoisotopic (exact) mass is 228 g/mol. The largest absolute Gasteiger partial charge is 0.465 e. The van der Waals surface area contributed by atoms with Gasteiger partial charge in [-0.15, -0.1) is 0 Å². The van der Waals surface area contributed by atoms with Crippen LogP contribution >= 0.6 is 0 Å². The van der Waals surface area contributed by atoms with Gasteiger partial charge in [0.2, 0.25) is 0 Å². The Balaban J connectivity index is 2.25. The minimum atomic E-state index is -0.0885. The number of rotatable bonds is 5. The molecule has 1 N–H and O–H groups in total. The molecule has 1 saturated heterocycles. The average Bonchev–Trinajstić information content (AvgIpc) is 2.24. The molecule has 0 radical (unpaired) electrons. The van der Waals surface area contributed by atoms with Crippen molar-refractivity contribution in [3.63, 3.8) is 0 Å². The lowest BCUT2D eigenvalue weighted by molar-refractivity contribution is -0.146. The normalized spacial score (nSPS) is 26.7. The van der Waals surface area contributed by atoms with Crippen LogP contribution < -0.4 is 5.32 Å². The van der Waals surface area contributed by atoms with Gasteiger partial charge in [0.15, 0.2) is 0 Å². The van der Waals surface area contributed by atoms with Gasteiger partial charge < -0.3 is 10.1 Å². The van der Waals surface area contributed by atoms with E-state index in [4.69, 9.17) is 4.74 Å². The van der Waals surface area contributed by atoms with Crippen molar-refractivity contribution < 1.29 is 9.53 Å². The molecule has 1 aliphatic heterocycles. The van der Waals surface area contributed by atoms with Gasteiger partial charge in [0, 0.05) is 25.2 Å². The molecule has 1 aliphatic rings. The predicted octanol–water partition coefficient (Wildman–Crippen LogP) is 1.01. The number of hydrogen-bond acceptors (Lipinski definition) is 4. The van der Waals surface area contributed by atoms with E-state index in [1.54, 1.807) is 0 Å². The summed E-state index contributed by atoms with van der Waals surface area (Å²) in [5.41, 5.74) is 0. The van der Waals surface area contributed by atoms with Crippen molar-refractivity contribution in [3.8, 4) is 0 Å². The summed E-state index contributed by atoms with van der Waals surface area (Å²) in [4.78, 5) is 13.7. The van der Waals surface area contributed by atoms with E-state index in [1.807, 2.05) is 0 Å². The lowest BCUT2D eigenvalue weighted by Gasteiger charge is -2.36. The summed E-state index contributed by atoms with van der Waals surface area (Å²) in [6, 6.07) is 0.870. The number of piperazine rings is 1. The molecule has 1 heterocycles. The second-order valence-electron chi connectivity index (χ2n) is 4.66. The molecule has 4 heteroatoms. The molecule has 2 unspecified atom stereocenters. The van der Waals surface area contributed by atoms with E-state index in [-0.39, 0.29) is 5.97 Å². The van der Waals surface area contributed by atoms with E-state index in [0.717, 1.165) is 25.9 Å². The standard InChI is InChI=1S/C12H24N2O2/c1-4-5-6-16-12(15)9-14-8-10(2)13-7-11(14)3/h10-11,13H,4-9H2,1-3H3. The molecule has 1 rings (SSSR count). The van der Waals surface area contributed by atoms with Crippen LogP contribution in [0.25, 0.3) is 0 Å². The van der Waals surface area contributed by atoms with Gasteiger partial charge in [-0.05, 0) is 20.3 Å². The summed E-state index contributed by atoms with van der Waals surface area (Å²) in [6.45, 7) is 9.23. The first kappa shape index (κ1) is 13.5. The first-order valence-corrected chi connectivity index (χ1v) is 6.26. The summed E-state index contributed by atoms with van der Waals surface area (Å²) < 4.78 is 5.17. The Kier molecular flexibility index (Phi) is 5.77. The van der Waals surface area contributed by atoms with Crippen LogP contribution in [0.5, 0.6) is 0 Å². The number of ether oxygens (including phenoxy) is 1. The molecule has 4 nitrogen and oxygen atoms in total. The molecule has 0 bridgehead atoms. The maximum atomic E-state index is 11.6. The van der Waals surface area contributed by atoms with E-state index in [2.05, 4.69) is 31.0 Å². The van der Waals surface area contributed by atoms with Crippen molar-refractivity contribution in [1.29, 1.82) is 0 Å². The molecule has 0 aliphatic carbocycles. The second kappa shape index (κ2) is 6.86. The number of carbonyl (C=O) groups excluding carboxylic acids is 1. The molecule has 94 valence electrons. The van der Waals surface area contributed by atoms with Crippen LogP contribution in [0.15, 0.2) is 0 Å². The van der Waals surface area contributed by atoms with Crippen LogP contribution in [0.1, 0.15) is 33.6 Å². The van der Waals surface area contributed by atoms with Crippen LogP contribution in [-0.2, 0) is 9.53 Å². The van der Waals surface area contributed by atoms with Crippen LogP contribution in [0.4, 0.5) is 0 Å². The van der Waals surface area contributed by atoms with Crippen molar-refractivity contribution >= 4 is 5.97 Å². The van der Waals surface area contributed by atoms with Gasteiger partial charge in [-0.3, -0.25) is 9.69 Å². The lowest BCUT2D eigenvalue weighted by atomic mass is 10.1. The Bertz CT molecular complexity index is 221. The third kappa shape index (κ3) is 4.49.